The molecule has 1 aromatic carbocycles. The van der Waals surface area contributed by atoms with E-state index in [0.717, 1.165) is 5.69 Å². The minimum Gasteiger partial charge on any atom is -0.398 e. The van der Waals surface area contributed by atoms with E-state index in [9.17, 15) is 0 Å². The van der Waals surface area contributed by atoms with Gasteiger partial charge in [0.15, 0.2) is 0 Å². The molecular formula is C9H11NS. The van der Waals surface area contributed by atoms with Crippen LogP contribution in [-0.2, 0) is 6.42 Å². The summed E-state index contributed by atoms with van der Waals surface area (Å²) in [6.07, 6.45) is 2.49. The third-order valence-corrected chi connectivity index (χ3v) is 3.24. The van der Waals surface area contributed by atoms with Gasteiger partial charge in [0.1, 0.15) is 0 Å². The first kappa shape index (κ1) is 7.04. The molecule has 0 fully saturated rings. The van der Waals surface area contributed by atoms with E-state index >= 15 is 0 Å². The largest absolute Gasteiger partial charge is 0.398 e. The molecule has 0 spiro atoms. The molecule has 2 heteroatoms. The Hall–Kier alpha value is -0.630. The van der Waals surface area contributed by atoms with Crippen molar-refractivity contribution in [2.24, 2.45) is 0 Å². The molecule has 2 rings (SSSR count). The van der Waals surface area contributed by atoms with Crippen LogP contribution in [0, 0.1) is 0 Å². The molecule has 58 valence electrons. The van der Waals surface area contributed by atoms with Crippen molar-refractivity contribution in [1.82, 2.24) is 0 Å². The van der Waals surface area contributed by atoms with E-state index in [1.807, 2.05) is 23.9 Å². The van der Waals surface area contributed by atoms with Crippen LogP contribution in [0.4, 0.5) is 5.69 Å². The molecule has 1 aliphatic rings. The van der Waals surface area contributed by atoms with Crippen LogP contribution in [0.2, 0.25) is 0 Å². The Labute approximate surface area is 71.0 Å². The van der Waals surface area contributed by atoms with Gasteiger partial charge in [-0.25, -0.2) is 0 Å². The van der Waals surface area contributed by atoms with Crippen LogP contribution in [0.1, 0.15) is 12.0 Å². The maximum Gasteiger partial charge on any atom is 0.0455 e. The van der Waals surface area contributed by atoms with Crippen molar-refractivity contribution in [2.75, 3.05) is 11.5 Å². The Morgan fingerprint density at radius 2 is 2.27 bits per heavy atom. The highest BCUT2D eigenvalue weighted by Crippen LogP contribution is 2.34. The summed E-state index contributed by atoms with van der Waals surface area (Å²) in [5.41, 5.74) is 8.20. The van der Waals surface area contributed by atoms with E-state index in [1.165, 1.54) is 29.1 Å². The summed E-state index contributed by atoms with van der Waals surface area (Å²) in [4.78, 5) is 1.32. The van der Waals surface area contributed by atoms with Gasteiger partial charge in [-0.1, -0.05) is 12.1 Å². The first-order chi connectivity index (χ1) is 5.38. The van der Waals surface area contributed by atoms with Crippen molar-refractivity contribution < 1.29 is 0 Å². The number of aryl methyl sites for hydroxylation is 1. The molecule has 11 heavy (non-hydrogen) atoms. The van der Waals surface area contributed by atoms with E-state index in [0.29, 0.717) is 0 Å². The highest BCUT2D eigenvalue weighted by molar-refractivity contribution is 7.99. The summed E-state index contributed by atoms with van der Waals surface area (Å²) >= 11 is 1.89. The molecule has 0 radical (unpaired) electrons. The molecule has 0 amide bonds. The molecule has 0 aliphatic carbocycles. The number of nitrogen functional groups attached to an aromatic ring is 1. The second-order valence-corrected chi connectivity index (χ2v) is 3.89. The predicted molar refractivity (Wildman–Crippen MR) is 49.9 cm³/mol. The van der Waals surface area contributed by atoms with Gasteiger partial charge in [-0.05, 0) is 30.2 Å². The van der Waals surface area contributed by atoms with Gasteiger partial charge in [-0.2, -0.15) is 0 Å². The highest BCUT2D eigenvalue weighted by atomic mass is 32.2. The van der Waals surface area contributed by atoms with Crippen LogP contribution in [0.5, 0.6) is 0 Å². The number of thioether (sulfide) groups is 1. The topological polar surface area (TPSA) is 26.0 Å². The first-order valence-electron chi connectivity index (χ1n) is 3.88. The molecule has 2 N–H and O–H groups in total. The van der Waals surface area contributed by atoms with Crippen molar-refractivity contribution in [3.8, 4) is 0 Å². The number of rotatable bonds is 0. The van der Waals surface area contributed by atoms with Gasteiger partial charge >= 0.3 is 0 Å². The number of fused-ring (bicyclic) bond motifs is 1. The molecule has 0 saturated heterocycles. The monoisotopic (exact) mass is 165 g/mol. The third-order valence-electron chi connectivity index (χ3n) is 1.96. The SMILES string of the molecule is Nc1cccc2c1SCCC2. The number of hydrogen-bond acceptors (Lipinski definition) is 2. The van der Waals surface area contributed by atoms with Crippen molar-refractivity contribution in [1.29, 1.82) is 0 Å². The first-order valence-corrected chi connectivity index (χ1v) is 4.86. The predicted octanol–water partition coefficient (Wildman–Crippen LogP) is 2.31. The number of benzene rings is 1. The van der Waals surface area contributed by atoms with E-state index in [1.54, 1.807) is 0 Å². The highest BCUT2D eigenvalue weighted by Gasteiger charge is 2.10. The molecule has 1 aromatic rings. The average molecular weight is 165 g/mol. The summed E-state index contributed by atoms with van der Waals surface area (Å²) in [5.74, 6) is 1.22. The summed E-state index contributed by atoms with van der Waals surface area (Å²) in [5, 5.41) is 0. The molecule has 0 atom stereocenters. The quantitative estimate of drug-likeness (QED) is 0.597. The van der Waals surface area contributed by atoms with Crippen molar-refractivity contribution >= 4 is 17.4 Å². The Morgan fingerprint density at radius 3 is 3.09 bits per heavy atom. The normalized spacial score (nSPS) is 16.0. The molecule has 0 aromatic heterocycles. The molecule has 0 unspecified atom stereocenters. The van der Waals surface area contributed by atoms with Gasteiger partial charge in [0.25, 0.3) is 0 Å². The smallest absolute Gasteiger partial charge is 0.0455 e. The van der Waals surface area contributed by atoms with Gasteiger partial charge in [0, 0.05) is 10.6 Å². The minimum absolute atomic E-state index is 0.951. The standard InChI is InChI=1S/C9H11NS/c10-8-5-1-3-7-4-2-6-11-9(7)8/h1,3,5H,2,4,6,10H2. The zero-order valence-corrected chi connectivity index (χ0v) is 7.16. The minimum atomic E-state index is 0.951. The Morgan fingerprint density at radius 1 is 1.36 bits per heavy atom. The second-order valence-electron chi connectivity index (χ2n) is 2.79. The van der Waals surface area contributed by atoms with E-state index < -0.39 is 0 Å². The van der Waals surface area contributed by atoms with Gasteiger partial charge < -0.3 is 5.73 Å². The fourth-order valence-electron chi connectivity index (χ4n) is 1.41. The molecule has 0 saturated carbocycles. The molecule has 0 bridgehead atoms. The van der Waals surface area contributed by atoms with Crippen LogP contribution in [0.25, 0.3) is 0 Å². The van der Waals surface area contributed by atoms with Crippen molar-refractivity contribution in [3.05, 3.63) is 23.8 Å². The van der Waals surface area contributed by atoms with Crippen LogP contribution in [-0.4, -0.2) is 5.75 Å². The maximum absolute atomic E-state index is 5.82. The van der Waals surface area contributed by atoms with E-state index in [2.05, 4.69) is 6.07 Å². The van der Waals surface area contributed by atoms with Gasteiger partial charge in [0.05, 0.1) is 0 Å². The lowest BCUT2D eigenvalue weighted by atomic mass is 10.1. The van der Waals surface area contributed by atoms with Crippen LogP contribution in [0.15, 0.2) is 23.1 Å². The summed E-state index contributed by atoms with van der Waals surface area (Å²) in [7, 11) is 0. The van der Waals surface area contributed by atoms with E-state index in [4.69, 9.17) is 5.73 Å². The third kappa shape index (κ3) is 1.23. The van der Waals surface area contributed by atoms with Crippen molar-refractivity contribution in [3.63, 3.8) is 0 Å². The number of nitrogens with two attached hydrogens (primary N) is 1. The van der Waals surface area contributed by atoms with Crippen LogP contribution in [0.3, 0.4) is 0 Å². The fourth-order valence-corrected chi connectivity index (χ4v) is 2.50. The van der Waals surface area contributed by atoms with Gasteiger partial charge in [0.2, 0.25) is 0 Å². The lowest BCUT2D eigenvalue weighted by molar-refractivity contribution is 0.892. The number of hydrogen-bond donors (Lipinski definition) is 1. The summed E-state index contributed by atoms with van der Waals surface area (Å²) < 4.78 is 0. The maximum atomic E-state index is 5.82. The second kappa shape index (κ2) is 2.78. The fraction of sp³-hybridized carbons (Fsp3) is 0.333. The van der Waals surface area contributed by atoms with E-state index in [-0.39, 0.29) is 0 Å². The Kier molecular flexibility index (Phi) is 1.78. The number of anilines is 1. The summed E-state index contributed by atoms with van der Waals surface area (Å²) in [6, 6.07) is 6.20. The molecule has 1 heterocycles. The van der Waals surface area contributed by atoms with Gasteiger partial charge in [-0.15, -0.1) is 11.8 Å². The summed E-state index contributed by atoms with van der Waals surface area (Å²) in [6.45, 7) is 0. The van der Waals surface area contributed by atoms with Gasteiger partial charge in [-0.3, -0.25) is 0 Å². The average Bonchev–Trinajstić information content (AvgIpc) is 2.06. The molecule has 1 nitrogen and oxygen atoms in total. The van der Waals surface area contributed by atoms with Crippen LogP contribution >= 0.6 is 11.8 Å². The van der Waals surface area contributed by atoms with Crippen LogP contribution < -0.4 is 5.73 Å². The lowest BCUT2D eigenvalue weighted by Gasteiger charge is -2.16. The molecule has 1 aliphatic heterocycles. The zero-order chi connectivity index (χ0) is 7.68. The molecular weight excluding hydrogens is 154 g/mol. The van der Waals surface area contributed by atoms with Crippen molar-refractivity contribution in [2.45, 2.75) is 17.7 Å². The Bertz CT molecular complexity index is 270. The lowest BCUT2D eigenvalue weighted by Crippen LogP contribution is -2.01. The zero-order valence-electron chi connectivity index (χ0n) is 6.34. The Balaban J connectivity index is 2.49.